The second-order valence-electron chi connectivity index (χ2n) is 7.20. The summed E-state index contributed by atoms with van der Waals surface area (Å²) in [4.78, 5) is 47.4. The van der Waals surface area contributed by atoms with E-state index >= 15 is 0 Å². The zero-order valence-corrected chi connectivity index (χ0v) is 16.8. The maximum atomic E-state index is 12.4. The number of nitrogens with one attached hydrogen (secondary N) is 2. The zero-order valence-electron chi connectivity index (χ0n) is 16.0. The van der Waals surface area contributed by atoms with Gasteiger partial charge in [-0.1, -0.05) is 0 Å². The summed E-state index contributed by atoms with van der Waals surface area (Å²) in [6, 6.07) is 2.89. The van der Waals surface area contributed by atoms with E-state index < -0.39 is 11.5 Å². The molecule has 1 atom stereocenters. The fourth-order valence-corrected chi connectivity index (χ4v) is 4.48. The third-order valence-corrected chi connectivity index (χ3v) is 5.94. The maximum Gasteiger partial charge on any atom is 0.261 e. The second-order valence-corrected chi connectivity index (χ2v) is 8.42. The number of amides is 2. The SMILES string of the molecule is Cc1cn2cc(CNC(=O)c3ccc(CN4CCC[C@H]4C(N)=O)[nH]c3=O)nc2s1. The molecule has 4 rings (SSSR count). The minimum absolute atomic E-state index is 0.0403. The van der Waals surface area contributed by atoms with Crippen molar-refractivity contribution in [3.8, 4) is 0 Å². The fraction of sp³-hybridized carbons (Fsp3) is 0.368. The van der Waals surface area contributed by atoms with Gasteiger partial charge in [-0.3, -0.25) is 23.7 Å². The van der Waals surface area contributed by atoms with Gasteiger partial charge in [-0.25, -0.2) is 4.98 Å². The number of primary amides is 1. The van der Waals surface area contributed by atoms with Crippen molar-refractivity contribution < 1.29 is 9.59 Å². The highest BCUT2D eigenvalue weighted by Crippen LogP contribution is 2.19. The van der Waals surface area contributed by atoms with E-state index in [9.17, 15) is 14.4 Å². The molecule has 0 unspecified atom stereocenters. The lowest BCUT2D eigenvalue weighted by atomic mass is 10.2. The molecule has 1 aliphatic rings. The summed E-state index contributed by atoms with van der Waals surface area (Å²) in [5.41, 5.74) is 6.38. The molecule has 1 saturated heterocycles. The largest absolute Gasteiger partial charge is 0.368 e. The number of nitrogens with two attached hydrogens (primary N) is 1. The van der Waals surface area contributed by atoms with E-state index in [0.717, 1.165) is 34.9 Å². The summed E-state index contributed by atoms with van der Waals surface area (Å²) >= 11 is 1.57. The fourth-order valence-electron chi connectivity index (χ4n) is 3.65. The second kappa shape index (κ2) is 7.80. The average Bonchev–Trinajstić information content (AvgIpc) is 3.34. The number of likely N-dealkylation sites (tertiary alicyclic amines) is 1. The van der Waals surface area contributed by atoms with Gasteiger partial charge in [-0.15, -0.1) is 11.3 Å². The molecule has 0 aliphatic carbocycles. The van der Waals surface area contributed by atoms with Gasteiger partial charge in [-0.2, -0.15) is 0 Å². The minimum atomic E-state index is -0.462. The number of nitrogens with zero attached hydrogens (tertiary/aromatic N) is 3. The van der Waals surface area contributed by atoms with Crippen LogP contribution in [0.1, 0.15) is 39.5 Å². The lowest BCUT2D eigenvalue weighted by Crippen LogP contribution is -2.40. The molecule has 10 heteroatoms. The Morgan fingerprint density at radius 3 is 2.93 bits per heavy atom. The van der Waals surface area contributed by atoms with E-state index in [0.29, 0.717) is 12.2 Å². The molecule has 1 aliphatic heterocycles. The molecule has 29 heavy (non-hydrogen) atoms. The Bertz CT molecular complexity index is 1100. The first kappa shape index (κ1) is 19.3. The van der Waals surface area contributed by atoms with Gasteiger partial charge in [0.05, 0.1) is 18.3 Å². The summed E-state index contributed by atoms with van der Waals surface area (Å²) in [5, 5.41) is 2.73. The molecular weight excluding hydrogens is 392 g/mol. The molecule has 0 radical (unpaired) electrons. The monoisotopic (exact) mass is 414 g/mol. The highest BCUT2D eigenvalue weighted by molar-refractivity contribution is 7.16. The minimum Gasteiger partial charge on any atom is -0.368 e. The van der Waals surface area contributed by atoms with Crippen LogP contribution in [0.4, 0.5) is 0 Å². The van der Waals surface area contributed by atoms with Crippen LogP contribution in [0.2, 0.25) is 0 Å². The number of H-pyrrole nitrogens is 1. The molecule has 0 spiro atoms. The maximum absolute atomic E-state index is 12.4. The van der Waals surface area contributed by atoms with Crippen LogP contribution < -0.4 is 16.6 Å². The van der Waals surface area contributed by atoms with Gasteiger partial charge in [0.25, 0.3) is 11.5 Å². The Morgan fingerprint density at radius 2 is 2.21 bits per heavy atom. The quantitative estimate of drug-likeness (QED) is 0.549. The summed E-state index contributed by atoms with van der Waals surface area (Å²) in [5.74, 6) is -0.809. The predicted octanol–water partition coefficient (Wildman–Crippen LogP) is 0.772. The number of pyridine rings is 1. The molecular formula is C19H22N6O3S. The lowest BCUT2D eigenvalue weighted by Gasteiger charge is -2.21. The first-order valence-corrected chi connectivity index (χ1v) is 10.2. The molecule has 3 aromatic rings. The van der Waals surface area contributed by atoms with Crippen molar-refractivity contribution in [2.24, 2.45) is 5.73 Å². The highest BCUT2D eigenvalue weighted by atomic mass is 32.1. The van der Waals surface area contributed by atoms with E-state index in [1.165, 1.54) is 6.07 Å². The highest BCUT2D eigenvalue weighted by Gasteiger charge is 2.29. The van der Waals surface area contributed by atoms with Crippen LogP contribution in [0.5, 0.6) is 0 Å². The van der Waals surface area contributed by atoms with Gasteiger partial charge in [0.2, 0.25) is 5.91 Å². The van der Waals surface area contributed by atoms with Crippen LogP contribution in [0.3, 0.4) is 0 Å². The van der Waals surface area contributed by atoms with Crippen molar-refractivity contribution in [1.82, 2.24) is 24.6 Å². The zero-order chi connectivity index (χ0) is 20.5. The van der Waals surface area contributed by atoms with Gasteiger partial charge in [0.1, 0.15) is 5.56 Å². The molecule has 4 N–H and O–H groups in total. The number of carbonyl (C=O) groups excluding carboxylic acids is 2. The van der Waals surface area contributed by atoms with Crippen LogP contribution in [-0.2, 0) is 17.9 Å². The van der Waals surface area contributed by atoms with Crippen molar-refractivity contribution in [1.29, 1.82) is 0 Å². The third kappa shape index (κ3) is 4.08. The van der Waals surface area contributed by atoms with Gasteiger partial charge >= 0.3 is 0 Å². The van der Waals surface area contributed by atoms with Crippen LogP contribution in [-0.4, -0.2) is 43.7 Å². The van der Waals surface area contributed by atoms with Crippen molar-refractivity contribution in [2.75, 3.05) is 6.54 Å². The first-order valence-electron chi connectivity index (χ1n) is 9.38. The van der Waals surface area contributed by atoms with E-state index in [4.69, 9.17) is 5.73 Å². The van der Waals surface area contributed by atoms with Crippen LogP contribution in [0, 0.1) is 6.92 Å². The summed E-state index contributed by atoms with van der Waals surface area (Å²) in [6.07, 6.45) is 5.46. The number of hydrogen-bond donors (Lipinski definition) is 3. The number of carbonyl (C=O) groups is 2. The number of hydrogen-bond acceptors (Lipinski definition) is 6. The van der Waals surface area contributed by atoms with Crippen molar-refractivity contribution in [3.05, 3.63) is 56.7 Å². The Balaban J connectivity index is 1.40. The van der Waals surface area contributed by atoms with Crippen molar-refractivity contribution in [3.63, 3.8) is 0 Å². The van der Waals surface area contributed by atoms with E-state index in [1.807, 2.05) is 28.6 Å². The molecule has 0 saturated carbocycles. The first-order chi connectivity index (χ1) is 13.9. The van der Waals surface area contributed by atoms with E-state index in [1.54, 1.807) is 17.4 Å². The van der Waals surface area contributed by atoms with Crippen LogP contribution >= 0.6 is 11.3 Å². The lowest BCUT2D eigenvalue weighted by molar-refractivity contribution is -0.122. The molecule has 4 heterocycles. The predicted molar refractivity (Wildman–Crippen MR) is 109 cm³/mol. The number of thiazole rings is 1. The third-order valence-electron chi connectivity index (χ3n) is 5.03. The van der Waals surface area contributed by atoms with Gasteiger partial charge in [-0.05, 0) is 38.4 Å². The van der Waals surface area contributed by atoms with Gasteiger partial charge in [0.15, 0.2) is 4.96 Å². The number of aromatic nitrogens is 3. The van der Waals surface area contributed by atoms with Gasteiger partial charge < -0.3 is 16.0 Å². The van der Waals surface area contributed by atoms with E-state index in [2.05, 4.69) is 15.3 Å². The van der Waals surface area contributed by atoms with Crippen LogP contribution in [0.15, 0.2) is 29.3 Å². The number of rotatable bonds is 6. The summed E-state index contributed by atoms with van der Waals surface area (Å²) in [6.45, 7) is 3.41. The van der Waals surface area contributed by atoms with Crippen LogP contribution in [0.25, 0.3) is 4.96 Å². The smallest absolute Gasteiger partial charge is 0.261 e. The standard InChI is InChI=1S/C19H22N6O3S/c1-11-8-25-10-13(23-19(25)29-11)7-21-17(27)14-5-4-12(22-18(14)28)9-24-6-2-3-15(24)16(20)26/h4-5,8,10,15H,2-3,6-7,9H2,1H3,(H2,20,26)(H,21,27)(H,22,28)/t15-/m0/s1. The molecule has 152 valence electrons. The molecule has 9 nitrogen and oxygen atoms in total. The normalized spacial score (nSPS) is 17.1. The Hall–Kier alpha value is -2.98. The Morgan fingerprint density at radius 1 is 1.38 bits per heavy atom. The molecule has 0 bridgehead atoms. The molecule has 3 aromatic heterocycles. The van der Waals surface area contributed by atoms with Gasteiger partial charge in [0, 0.05) is 29.5 Å². The number of aromatic amines is 1. The number of fused-ring (bicyclic) bond motifs is 1. The van der Waals surface area contributed by atoms with E-state index in [-0.39, 0.29) is 24.1 Å². The molecule has 0 aromatic carbocycles. The topological polar surface area (TPSA) is 126 Å². The average molecular weight is 414 g/mol. The summed E-state index contributed by atoms with van der Waals surface area (Å²) < 4.78 is 1.92. The number of imidazole rings is 1. The molecule has 2 amide bonds. The number of aryl methyl sites for hydroxylation is 1. The van der Waals surface area contributed by atoms with Crippen molar-refractivity contribution >= 4 is 28.1 Å². The Labute approximate surface area is 170 Å². The Kier molecular flexibility index (Phi) is 5.20. The summed E-state index contributed by atoms with van der Waals surface area (Å²) in [7, 11) is 0. The molecule has 1 fully saturated rings. The van der Waals surface area contributed by atoms with Crippen molar-refractivity contribution in [2.45, 2.75) is 38.9 Å².